The molecule has 0 N–H and O–H groups in total. The van der Waals surface area contributed by atoms with Crippen LogP contribution in [0.3, 0.4) is 0 Å². The Morgan fingerprint density at radius 3 is 2.57 bits per heavy atom. The van der Waals surface area contributed by atoms with Gasteiger partial charge in [0.2, 0.25) is 0 Å². The lowest BCUT2D eigenvalue weighted by Crippen LogP contribution is -2.40. The van der Waals surface area contributed by atoms with E-state index in [-0.39, 0.29) is 42.4 Å². The summed E-state index contributed by atoms with van der Waals surface area (Å²) in [7, 11) is -2.90. The number of halogens is 2. The average Bonchev–Trinajstić information content (AvgIpc) is 2.72. The predicted molar refractivity (Wildman–Crippen MR) is 129 cm³/mol. The zero-order valence-corrected chi connectivity index (χ0v) is 20.3. The van der Waals surface area contributed by atoms with Gasteiger partial charge < -0.3 is 9.64 Å². The van der Waals surface area contributed by atoms with Gasteiger partial charge >= 0.3 is 0 Å². The van der Waals surface area contributed by atoms with Gasteiger partial charge in [0.25, 0.3) is 0 Å². The van der Waals surface area contributed by atoms with Crippen molar-refractivity contribution in [2.75, 3.05) is 31.1 Å². The predicted octanol–water partition coefficient (Wildman–Crippen LogP) is 4.70. The number of unbranched alkanes of at least 4 members (excludes halogenated alkanes) is 1. The van der Waals surface area contributed by atoms with Crippen LogP contribution in [0.5, 0.6) is 5.75 Å². The largest absolute Gasteiger partial charge is 0.488 e. The molecular formula is C22H34Cl2N2O3S. The van der Waals surface area contributed by atoms with Crippen LogP contribution in [0.4, 0.5) is 0 Å². The third-order valence-corrected chi connectivity index (χ3v) is 7.22. The fraction of sp³-hybridized carbons (Fsp3) is 0.591. The van der Waals surface area contributed by atoms with Gasteiger partial charge in [-0.1, -0.05) is 26.3 Å². The highest BCUT2D eigenvalue weighted by molar-refractivity contribution is 7.91. The van der Waals surface area contributed by atoms with Crippen molar-refractivity contribution in [3.63, 3.8) is 0 Å². The Labute approximate surface area is 193 Å². The molecule has 0 spiro atoms. The van der Waals surface area contributed by atoms with Crippen molar-refractivity contribution in [1.29, 1.82) is 0 Å². The highest BCUT2D eigenvalue weighted by atomic mass is 35.5. The van der Waals surface area contributed by atoms with Gasteiger partial charge in [-0.15, -0.1) is 24.8 Å². The van der Waals surface area contributed by atoms with Crippen LogP contribution in [0.15, 0.2) is 30.5 Å². The Morgan fingerprint density at radius 1 is 1.17 bits per heavy atom. The molecule has 8 heteroatoms. The summed E-state index contributed by atoms with van der Waals surface area (Å²) in [6, 6.07) is 8.45. The van der Waals surface area contributed by atoms with E-state index in [4.69, 9.17) is 4.74 Å². The topological polar surface area (TPSA) is 59.5 Å². The SMILES string of the molecule is CCCCc1cc(OC2CCN(CCS(=O)(=O)CC)CC2)c2ncccc2c1.Cl.Cl. The first kappa shape index (κ1) is 27.0. The normalized spacial score (nSPS) is 15.4. The van der Waals surface area contributed by atoms with Gasteiger partial charge in [-0.25, -0.2) is 8.42 Å². The number of hydrogen-bond acceptors (Lipinski definition) is 5. The number of piperidine rings is 1. The van der Waals surface area contributed by atoms with Gasteiger partial charge in [0, 0.05) is 37.0 Å². The monoisotopic (exact) mass is 476 g/mol. The Balaban J connectivity index is 0.00000225. The summed E-state index contributed by atoms with van der Waals surface area (Å²) < 4.78 is 29.8. The minimum absolute atomic E-state index is 0. The van der Waals surface area contributed by atoms with E-state index in [1.54, 1.807) is 6.92 Å². The number of rotatable bonds is 9. The molecule has 2 heterocycles. The molecule has 1 aromatic heterocycles. The van der Waals surface area contributed by atoms with E-state index in [0.717, 1.165) is 49.0 Å². The Morgan fingerprint density at radius 2 is 1.90 bits per heavy atom. The van der Waals surface area contributed by atoms with Crippen molar-refractivity contribution in [3.8, 4) is 5.75 Å². The molecule has 0 atom stereocenters. The molecule has 1 aliphatic heterocycles. The van der Waals surface area contributed by atoms with Crippen molar-refractivity contribution in [2.45, 2.75) is 52.1 Å². The number of benzene rings is 1. The van der Waals surface area contributed by atoms with Crippen LogP contribution in [0, 0.1) is 0 Å². The molecule has 1 saturated heterocycles. The average molecular weight is 477 g/mol. The van der Waals surface area contributed by atoms with E-state index in [0.29, 0.717) is 6.54 Å². The van der Waals surface area contributed by atoms with Gasteiger partial charge in [-0.05, 0) is 49.4 Å². The van der Waals surface area contributed by atoms with E-state index in [1.165, 1.54) is 18.4 Å². The van der Waals surface area contributed by atoms with Crippen LogP contribution in [0.2, 0.25) is 0 Å². The van der Waals surface area contributed by atoms with Crippen LogP contribution in [-0.4, -0.2) is 55.5 Å². The van der Waals surface area contributed by atoms with Crippen LogP contribution in [0.1, 0.15) is 45.1 Å². The molecule has 3 rings (SSSR count). The van der Waals surface area contributed by atoms with Crippen LogP contribution in [-0.2, 0) is 16.3 Å². The lowest BCUT2D eigenvalue weighted by Gasteiger charge is -2.32. The van der Waals surface area contributed by atoms with E-state index < -0.39 is 9.84 Å². The molecule has 170 valence electrons. The van der Waals surface area contributed by atoms with Gasteiger partial charge in [-0.2, -0.15) is 0 Å². The highest BCUT2D eigenvalue weighted by Crippen LogP contribution is 2.29. The molecule has 5 nitrogen and oxygen atoms in total. The molecule has 1 fully saturated rings. The van der Waals surface area contributed by atoms with Crippen molar-refractivity contribution in [3.05, 3.63) is 36.0 Å². The Hall–Kier alpha value is -1.08. The summed E-state index contributed by atoms with van der Waals surface area (Å²) in [6.07, 6.45) is 7.21. The fourth-order valence-electron chi connectivity index (χ4n) is 3.68. The van der Waals surface area contributed by atoms with Gasteiger partial charge in [0.1, 0.15) is 17.4 Å². The molecule has 0 aliphatic carbocycles. The van der Waals surface area contributed by atoms with Crippen LogP contribution < -0.4 is 4.74 Å². The second-order valence-corrected chi connectivity index (χ2v) is 10.1. The molecule has 0 saturated carbocycles. The van der Waals surface area contributed by atoms with Crippen molar-refractivity contribution >= 4 is 45.6 Å². The fourth-order valence-corrected chi connectivity index (χ4v) is 4.50. The molecular weight excluding hydrogens is 443 g/mol. The summed E-state index contributed by atoms with van der Waals surface area (Å²) in [6.45, 7) is 6.30. The van der Waals surface area contributed by atoms with E-state index in [1.807, 2.05) is 12.3 Å². The van der Waals surface area contributed by atoms with Crippen molar-refractivity contribution < 1.29 is 13.2 Å². The first-order chi connectivity index (χ1) is 13.5. The lowest BCUT2D eigenvalue weighted by atomic mass is 10.0. The van der Waals surface area contributed by atoms with E-state index >= 15 is 0 Å². The smallest absolute Gasteiger partial charge is 0.151 e. The number of pyridine rings is 1. The summed E-state index contributed by atoms with van der Waals surface area (Å²) >= 11 is 0. The van der Waals surface area contributed by atoms with Gasteiger partial charge in [0.15, 0.2) is 9.84 Å². The van der Waals surface area contributed by atoms with E-state index in [2.05, 4.69) is 35.0 Å². The summed E-state index contributed by atoms with van der Waals surface area (Å²) in [5.74, 6) is 1.36. The first-order valence-corrected chi connectivity index (χ1v) is 12.3. The molecule has 0 amide bonds. The van der Waals surface area contributed by atoms with Gasteiger partial charge in [0.05, 0.1) is 5.75 Å². The number of hydrogen-bond donors (Lipinski definition) is 0. The lowest BCUT2D eigenvalue weighted by molar-refractivity contribution is 0.105. The molecule has 0 radical (unpaired) electrons. The number of ether oxygens (including phenoxy) is 1. The molecule has 2 aromatic rings. The number of aryl methyl sites for hydroxylation is 1. The highest BCUT2D eigenvalue weighted by Gasteiger charge is 2.22. The summed E-state index contributed by atoms with van der Waals surface area (Å²) in [5.41, 5.74) is 2.23. The third-order valence-electron chi connectivity index (χ3n) is 5.54. The number of nitrogens with zero attached hydrogens (tertiary/aromatic N) is 2. The molecule has 1 aromatic carbocycles. The Bertz CT molecular complexity index is 885. The first-order valence-electron chi connectivity index (χ1n) is 10.5. The van der Waals surface area contributed by atoms with Crippen LogP contribution in [0.25, 0.3) is 10.9 Å². The number of sulfone groups is 1. The van der Waals surface area contributed by atoms with Crippen molar-refractivity contribution in [1.82, 2.24) is 9.88 Å². The van der Waals surface area contributed by atoms with Crippen LogP contribution >= 0.6 is 24.8 Å². The zero-order chi connectivity index (χ0) is 20.0. The Kier molecular flexibility index (Phi) is 11.4. The second kappa shape index (κ2) is 12.7. The maximum Gasteiger partial charge on any atom is 0.151 e. The number of fused-ring (bicyclic) bond motifs is 1. The number of likely N-dealkylation sites (tertiary alicyclic amines) is 1. The summed E-state index contributed by atoms with van der Waals surface area (Å²) in [4.78, 5) is 6.78. The van der Waals surface area contributed by atoms with Crippen molar-refractivity contribution in [2.24, 2.45) is 0 Å². The standard InChI is InChI=1S/C22H32N2O3S.2ClH/c1-3-5-7-18-16-19-8-6-11-23-22(19)21(17-18)27-20-9-12-24(13-10-20)14-15-28(25,26)4-2;;/h6,8,11,16-17,20H,3-5,7,9-10,12-15H2,1-2H3;2*1H. The van der Waals surface area contributed by atoms with E-state index in [9.17, 15) is 8.42 Å². The zero-order valence-electron chi connectivity index (χ0n) is 17.9. The maximum atomic E-state index is 11.7. The minimum atomic E-state index is -2.90. The molecule has 30 heavy (non-hydrogen) atoms. The summed E-state index contributed by atoms with van der Waals surface area (Å²) in [5, 5.41) is 1.13. The molecule has 0 unspecified atom stereocenters. The van der Waals surface area contributed by atoms with Gasteiger partial charge in [-0.3, -0.25) is 4.98 Å². The molecule has 1 aliphatic rings. The molecule has 0 bridgehead atoms. The minimum Gasteiger partial charge on any atom is -0.488 e. The maximum absolute atomic E-state index is 11.7. The third kappa shape index (κ3) is 7.56. The quantitative estimate of drug-likeness (QED) is 0.524. The number of aromatic nitrogens is 1. The second-order valence-electron chi connectivity index (χ2n) is 7.67.